The number of benzene rings is 1. The monoisotopic (exact) mass is 555 g/mol. The summed E-state index contributed by atoms with van der Waals surface area (Å²) in [7, 11) is 3.35. The van der Waals surface area contributed by atoms with Crippen LogP contribution in [0.25, 0.3) is 10.9 Å². The van der Waals surface area contributed by atoms with Gasteiger partial charge in [0.05, 0.1) is 35.6 Å². The zero-order chi connectivity index (χ0) is 29.8. The first-order valence-corrected chi connectivity index (χ1v) is 12.6. The molecule has 4 aromatic rings. The highest BCUT2D eigenvalue weighted by molar-refractivity contribution is 5.88. The maximum atomic E-state index is 13.8. The molecular formula is C28H32F3N7O2. The van der Waals surface area contributed by atoms with Crippen LogP contribution in [-0.2, 0) is 26.1 Å². The number of nitriles is 1. The predicted molar refractivity (Wildman–Crippen MR) is 141 cm³/mol. The van der Waals surface area contributed by atoms with Crippen LogP contribution in [0.5, 0.6) is 5.88 Å². The molecule has 9 nitrogen and oxygen atoms in total. The fourth-order valence-electron chi connectivity index (χ4n) is 4.36. The molecule has 3 aromatic heterocycles. The lowest BCUT2D eigenvalue weighted by Crippen LogP contribution is -2.43. The standard InChI is InChI=1S/C28H32F3N7O2/c1-16-33-14-22(37(16)7)28(39,23-15-34-36-38(23)8)17-9-10-21-18(11-17)20(13-32)19(12-27(29,30)31)24(35-21)40-26(5,6)25(2,3)4/h9-11,14-15,39H,12H2,1-8H3. The van der Waals surface area contributed by atoms with Crippen molar-refractivity contribution in [2.75, 3.05) is 0 Å². The second-order valence-electron chi connectivity index (χ2n) is 11.5. The molecule has 0 radical (unpaired) electrons. The van der Waals surface area contributed by atoms with Crippen molar-refractivity contribution < 1.29 is 23.0 Å². The van der Waals surface area contributed by atoms with Crippen molar-refractivity contribution in [1.29, 1.82) is 5.26 Å². The number of fused-ring (bicyclic) bond motifs is 1. The van der Waals surface area contributed by atoms with Gasteiger partial charge in [0.2, 0.25) is 5.88 Å². The largest absolute Gasteiger partial charge is 0.471 e. The summed E-state index contributed by atoms with van der Waals surface area (Å²) in [6.07, 6.45) is -3.13. The number of hydrogen-bond acceptors (Lipinski definition) is 7. The average Bonchev–Trinajstić information content (AvgIpc) is 3.42. The van der Waals surface area contributed by atoms with Crippen LogP contribution in [0.15, 0.2) is 30.6 Å². The van der Waals surface area contributed by atoms with Crippen molar-refractivity contribution in [3.8, 4) is 11.9 Å². The van der Waals surface area contributed by atoms with Crippen LogP contribution in [0, 0.1) is 23.7 Å². The first-order chi connectivity index (χ1) is 18.4. The van der Waals surface area contributed by atoms with Gasteiger partial charge in [-0.3, -0.25) is 0 Å². The minimum Gasteiger partial charge on any atom is -0.471 e. The second-order valence-corrected chi connectivity index (χ2v) is 11.5. The van der Waals surface area contributed by atoms with Gasteiger partial charge < -0.3 is 14.4 Å². The van der Waals surface area contributed by atoms with E-state index in [-0.39, 0.29) is 33.5 Å². The van der Waals surface area contributed by atoms with Gasteiger partial charge >= 0.3 is 6.18 Å². The third-order valence-electron chi connectivity index (χ3n) is 7.79. The van der Waals surface area contributed by atoms with Crippen LogP contribution in [0.2, 0.25) is 0 Å². The highest BCUT2D eigenvalue weighted by Crippen LogP contribution is 2.41. The number of aromatic nitrogens is 6. The fourth-order valence-corrected chi connectivity index (χ4v) is 4.36. The molecule has 0 aliphatic rings. The van der Waals surface area contributed by atoms with Gasteiger partial charge in [-0.1, -0.05) is 32.1 Å². The molecule has 212 valence electrons. The molecule has 0 bridgehead atoms. The van der Waals surface area contributed by atoms with Crippen LogP contribution < -0.4 is 4.74 Å². The topological polar surface area (TPSA) is 115 Å². The molecule has 1 atom stereocenters. The number of hydrogen-bond donors (Lipinski definition) is 1. The molecule has 0 fully saturated rings. The van der Waals surface area contributed by atoms with Crippen molar-refractivity contribution in [3.63, 3.8) is 0 Å². The molecule has 1 N–H and O–H groups in total. The van der Waals surface area contributed by atoms with E-state index < -0.39 is 29.2 Å². The van der Waals surface area contributed by atoms with E-state index in [1.807, 2.05) is 26.8 Å². The van der Waals surface area contributed by atoms with E-state index in [2.05, 4.69) is 20.3 Å². The molecule has 0 saturated heterocycles. The van der Waals surface area contributed by atoms with Crippen LogP contribution in [0.4, 0.5) is 13.2 Å². The first-order valence-electron chi connectivity index (χ1n) is 12.6. The van der Waals surface area contributed by atoms with Gasteiger partial charge in [0.15, 0.2) is 5.60 Å². The zero-order valence-corrected chi connectivity index (χ0v) is 23.7. The summed E-state index contributed by atoms with van der Waals surface area (Å²) in [6, 6.07) is 6.60. The van der Waals surface area contributed by atoms with E-state index in [4.69, 9.17) is 4.74 Å². The Labute approximate surface area is 230 Å². The molecule has 40 heavy (non-hydrogen) atoms. The normalized spacial score (nSPS) is 14.3. The van der Waals surface area contributed by atoms with Crippen LogP contribution in [0.3, 0.4) is 0 Å². The molecule has 12 heteroatoms. The zero-order valence-electron chi connectivity index (χ0n) is 23.7. The minimum absolute atomic E-state index is 0.146. The molecular weight excluding hydrogens is 523 g/mol. The Kier molecular flexibility index (Phi) is 6.95. The van der Waals surface area contributed by atoms with Gasteiger partial charge in [-0.2, -0.15) is 18.4 Å². The highest BCUT2D eigenvalue weighted by atomic mass is 19.4. The van der Waals surface area contributed by atoms with E-state index >= 15 is 0 Å². The number of rotatable bonds is 6. The van der Waals surface area contributed by atoms with Crippen LogP contribution in [-0.4, -0.2) is 46.4 Å². The summed E-state index contributed by atoms with van der Waals surface area (Å²) in [4.78, 5) is 8.77. The molecule has 0 spiro atoms. The molecule has 0 aliphatic heterocycles. The number of alkyl halides is 3. The maximum Gasteiger partial charge on any atom is 0.393 e. The number of imidazole rings is 1. The first kappa shape index (κ1) is 29.0. The Morgan fingerprint density at radius 3 is 2.23 bits per heavy atom. The van der Waals surface area contributed by atoms with Crippen molar-refractivity contribution in [2.24, 2.45) is 19.5 Å². The van der Waals surface area contributed by atoms with Crippen LogP contribution >= 0.6 is 0 Å². The predicted octanol–water partition coefficient (Wildman–Crippen LogP) is 4.87. The van der Waals surface area contributed by atoms with Gasteiger partial charge in [-0.05, 0) is 38.5 Å². The van der Waals surface area contributed by atoms with Crippen molar-refractivity contribution >= 4 is 10.9 Å². The Bertz CT molecular complexity index is 1620. The van der Waals surface area contributed by atoms with Gasteiger partial charge in [-0.25, -0.2) is 14.6 Å². The molecule has 0 aliphatic carbocycles. The Balaban J connectivity index is 2.04. The summed E-state index contributed by atoms with van der Waals surface area (Å²) in [5, 5.41) is 30.5. The minimum atomic E-state index is -4.63. The average molecular weight is 556 g/mol. The van der Waals surface area contributed by atoms with Crippen LogP contribution in [0.1, 0.15) is 68.5 Å². The number of pyridine rings is 1. The Hall–Kier alpha value is -3.98. The second kappa shape index (κ2) is 9.59. The number of nitrogens with zero attached hydrogens (tertiary/aromatic N) is 7. The molecule has 1 aromatic carbocycles. The molecule has 0 saturated carbocycles. The van der Waals surface area contributed by atoms with E-state index in [1.54, 1.807) is 51.6 Å². The molecule has 3 heterocycles. The fraction of sp³-hybridized carbons (Fsp3) is 0.464. The van der Waals surface area contributed by atoms with Crippen molar-refractivity contribution in [2.45, 2.75) is 65.3 Å². The quantitative estimate of drug-likeness (QED) is 0.361. The lowest BCUT2D eigenvalue weighted by molar-refractivity contribution is -0.128. The third kappa shape index (κ3) is 4.90. The van der Waals surface area contributed by atoms with Gasteiger partial charge in [0, 0.05) is 30.5 Å². The third-order valence-corrected chi connectivity index (χ3v) is 7.79. The summed E-state index contributed by atoms with van der Waals surface area (Å²) in [6.45, 7) is 11.0. The molecule has 0 amide bonds. The highest BCUT2D eigenvalue weighted by Gasteiger charge is 2.42. The van der Waals surface area contributed by atoms with E-state index in [0.717, 1.165) is 0 Å². The number of halogens is 3. The SMILES string of the molecule is Cc1ncc(C(O)(c2ccc3nc(OC(C)(C)C(C)(C)C)c(CC(F)(F)F)c(C#N)c3c2)c2cnnn2C)n1C. The lowest BCUT2D eigenvalue weighted by Gasteiger charge is -2.39. The Morgan fingerprint density at radius 2 is 1.73 bits per heavy atom. The van der Waals surface area contributed by atoms with E-state index in [1.165, 1.54) is 23.1 Å². The van der Waals surface area contributed by atoms with E-state index in [0.29, 0.717) is 17.2 Å². The lowest BCUT2D eigenvalue weighted by atomic mass is 9.79. The smallest absolute Gasteiger partial charge is 0.393 e. The summed E-state index contributed by atoms with van der Waals surface area (Å²) in [5.41, 5.74) is -2.62. The molecule has 1 unspecified atom stereocenters. The summed E-state index contributed by atoms with van der Waals surface area (Å²) >= 11 is 0. The van der Waals surface area contributed by atoms with Gasteiger partial charge in [-0.15, -0.1) is 5.10 Å². The maximum absolute atomic E-state index is 13.8. The van der Waals surface area contributed by atoms with Gasteiger partial charge in [0.25, 0.3) is 0 Å². The number of aryl methyl sites for hydroxylation is 2. The summed E-state index contributed by atoms with van der Waals surface area (Å²) in [5.74, 6) is 0.377. The molecule has 4 rings (SSSR count). The number of ether oxygens (including phenoxy) is 1. The number of aliphatic hydroxyl groups is 1. The van der Waals surface area contributed by atoms with Crippen molar-refractivity contribution in [3.05, 3.63) is 64.5 Å². The van der Waals surface area contributed by atoms with Crippen molar-refractivity contribution in [1.82, 2.24) is 29.5 Å². The Morgan fingerprint density at radius 1 is 1.05 bits per heavy atom. The van der Waals surface area contributed by atoms with Gasteiger partial charge in [0.1, 0.15) is 23.2 Å². The van der Waals surface area contributed by atoms with E-state index in [9.17, 15) is 23.5 Å². The summed E-state index contributed by atoms with van der Waals surface area (Å²) < 4.78 is 50.6.